The number of ether oxygens (including phenoxy) is 1. The first-order valence-corrected chi connectivity index (χ1v) is 8.00. The second-order valence-electron chi connectivity index (χ2n) is 5.84. The molecule has 0 saturated carbocycles. The third kappa shape index (κ3) is 3.90. The van der Waals surface area contributed by atoms with E-state index in [-0.39, 0.29) is 11.9 Å². The molecule has 0 aromatic carbocycles. The predicted molar refractivity (Wildman–Crippen MR) is 87.3 cm³/mol. The van der Waals surface area contributed by atoms with E-state index in [1.54, 1.807) is 6.92 Å². The number of amides is 1. The Hall–Kier alpha value is -1.78. The second-order valence-corrected chi connectivity index (χ2v) is 5.84. The lowest BCUT2D eigenvalue weighted by molar-refractivity contribution is 0.0512. The van der Waals surface area contributed by atoms with Crippen molar-refractivity contribution in [3.8, 4) is 0 Å². The van der Waals surface area contributed by atoms with Crippen molar-refractivity contribution < 1.29 is 14.3 Å². The zero-order valence-corrected chi connectivity index (χ0v) is 14.6. The average Bonchev–Trinajstić information content (AvgIpc) is 2.69. The Kier molecular flexibility index (Phi) is 6.65. The predicted octanol–water partition coefficient (Wildman–Crippen LogP) is 3.08. The van der Waals surface area contributed by atoms with Gasteiger partial charge in [-0.1, -0.05) is 13.8 Å². The molecule has 0 saturated heterocycles. The SMILES string of the molecule is CCOC(=O)c1c(C)c(C(=O)NCCC(C)C)c(C)n1CC. The molecule has 1 aromatic heterocycles. The number of aromatic nitrogens is 1. The topological polar surface area (TPSA) is 60.3 Å². The Morgan fingerprint density at radius 2 is 1.86 bits per heavy atom. The van der Waals surface area contributed by atoms with Gasteiger partial charge in [0.05, 0.1) is 12.2 Å². The molecule has 0 radical (unpaired) electrons. The summed E-state index contributed by atoms with van der Waals surface area (Å²) in [6.45, 7) is 13.2. The molecule has 124 valence electrons. The highest BCUT2D eigenvalue weighted by molar-refractivity contribution is 6.01. The van der Waals surface area contributed by atoms with Gasteiger partial charge >= 0.3 is 5.97 Å². The van der Waals surface area contributed by atoms with Crippen LogP contribution >= 0.6 is 0 Å². The minimum absolute atomic E-state index is 0.117. The van der Waals surface area contributed by atoms with Gasteiger partial charge in [0, 0.05) is 18.8 Å². The molecule has 1 amide bonds. The normalized spacial score (nSPS) is 10.9. The van der Waals surface area contributed by atoms with Gasteiger partial charge in [-0.2, -0.15) is 0 Å². The molecule has 0 aliphatic rings. The molecule has 5 nitrogen and oxygen atoms in total. The fourth-order valence-electron chi connectivity index (χ4n) is 2.65. The van der Waals surface area contributed by atoms with Crippen molar-refractivity contribution >= 4 is 11.9 Å². The summed E-state index contributed by atoms with van der Waals surface area (Å²) in [5.74, 6) is 0.0532. The average molecular weight is 308 g/mol. The third-order valence-electron chi connectivity index (χ3n) is 3.79. The van der Waals surface area contributed by atoms with E-state index in [4.69, 9.17) is 4.74 Å². The molecule has 1 N–H and O–H groups in total. The number of hydrogen-bond donors (Lipinski definition) is 1. The first-order valence-electron chi connectivity index (χ1n) is 8.00. The van der Waals surface area contributed by atoms with E-state index in [9.17, 15) is 9.59 Å². The van der Waals surface area contributed by atoms with Crippen LogP contribution in [0, 0.1) is 19.8 Å². The molecule has 1 heterocycles. The Labute approximate surface area is 133 Å². The maximum Gasteiger partial charge on any atom is 0.355 e. The lowest BCUT2D eigenvalue weighted by Gasteiger charge is -2.09. The highest BCUT2D eigenvalue weighted by Gasteiger charge is 2.26. The summed E-state index contributed by atoms with van der Waals surface area (Å²) >= 11 is 0. The van der Waals surface area contributed by atoms with Gasteiger partial charge in [-0.05, 0) is 45.6 Å². The fourth-order valence-corrected chi connectivity index (χ4v) is 2.65. The van der Waals surface area contributed by atoms with Gasteiger partial charge in [0.15, 0.2) is 0 Å². The Bertz CT molecular complexity index is 545. The minimum atomic E-state index is -0.369. The molecule has 1 rings (SSSR count). The highest BCUT2D eigenvalue weighted by atomic mass is 16.5. The number of esters is 1. The first-order chi connectivity index (χ1) is 10.3. The van der Waals surface area contributed by atoms with Crippen LogP contribution in [0.3, 0.4) is 0 Å². The largest absolute Gasteiger partial charge is 0.461 e. The molecule has 22 heavy (non-hydrogen) atoms. The van der Waals surface area contributed by atoms with Crippen molar-refractivity contribution in [1.29, 1.82) is 0 Å². The third-order valence-corrected chi connectivity index (χ3v) is 3.79. The molecule has 0 bridgehead atoms. The van der Waals surface area contributed by atoms with E-state index in [1.165, 1.54) is 0 Å². The second kappa shape index (κ2) is 8.01. The molecule has 5 heteroatoms. The van der Waals surface area contributed by atoms with Gasteiger partial charge in [0.2, 0.25) is 0 Å². The van der Waals surface area contributed by atoms with Crippen LogP contribution in [0.25, 0.3) is 0 Å². The van der Waals surface area contributed by atoms with Crippen molar-refractivity contribution in [1.82, 2.24) is 9.88 Å². The van der Waals surface area contributed by atoms with Crippen LogP contribution in [-0.2, 0) is 11.3 Å². The van der Waals surface area contributed by atoms with Crippen LogP contribution in [0.15, 0.2) is 0 Å². The van der Waals surface area contributed by atoms with E-state index in [0.29, 0.717) is 42.4 Å². The maximum absolute atomic E-state index is 12.5. The zero-order valence-electron chi connectivity index (χ0n) is 14.6. The molecule has 0 unspecified atom stereocenters. The number of carbonyl (C=O) groups excluding carboxylic acids is 2. The van der Waals surface area contributed by atoms with Gasteiger partial charge in [-0.25, -0.2) is 4.79 Å². The standard InChI is InChI=1S/C17H28N2O3/c1-7-19-13(6)14(16(20)18-10-9-11(3)4)12(5)15(19)17(21)22-8-2/h11H,7-10H2,1-6H3,(H,18,20). The number of nitrogens with zero attached hydrogens (tertiary/aromatic N) is 1. The summed E-state index contributed by atoms with van der Waals surface area (Å²) in [5.41, 5.74) is 2.58. The fraction of sp³-hybridized carbons (Fsp3) is 0.647. The van der Waals surface area contributed by atoms with Crippen LogP contribution in [0.5, 0.6) is 0 Å². The smallest absolute Gasteiger partial charge is 0.355 e. The summed E-state index contributed by atoms with van der Waals surface area (Å²) in [4.78, 5) is 24.6. The number of carbonyl (C=O) groups is 2. The van der Waals surface area contributed by atoms with Crippen LogP contribution in [0.2, 0.25) is 0 Å². The Morgan fingerprint density at radius 1 is 1.23 bits per heavy atom. The number of nitrogens with one attached hydrogen (secondary N) is 1. The Balaban J connectivity index is 3.10. The van der Waals surface area contributed by atoms with Gasteiger partial charge in [0.25, 0.3) is 5.91 Å². The van der Waals surface area contributed by atoms with Crippen LogP contribution < -0.4 is 5.32 Å². The number of hydrogen-bond acceptors (Lipinski definition) is 3. The van der Waals surface area contributed by atoms with E-state index in [2.05, 4.69) is 19.2 Å². The van der Waals surface area contributed by atoms with Crippen molar-refractivity contribution in [3.63, 3.8) is 0 Å². The minimum Gasteiger partial charge on any atom is -0.461 e. The van der Waals surface area contributed by atoms with Gasteiger partial charge in [0.1, 0.15) is 5.69 Å². The summed E-state index contributed by atoms with van der Waals surface area (Å²) < 4.78 is 6.97. The zero-order chi connectivity index (χ0) is 16.9. The molecule has 0 fully saturated rings. The lowest BCUT2D eigenvalue weighted by atomic mass is 10.1. The Morgan fingerprint density at radius 3 is 2.36 bits per heavy atom. The van der Waals surface area contributed by atoms with E-state index >= 15 is 0 Å². The maximum atomic E-state index is 12.5. The van der Waals surface area contributed by atoms with Crippen molar-refractivity contribution in [3.05, 3.63) is 22.5 Å². The van der Waals surface area contributed by atoms with Crippen molar-refractivity contribution in [2.24, 2.45) is 5.92 Å². The molecule has 0 spiro atoms. The summed E-state index contributed by atoms with van der Waals surface area (Å²) in [5, 5.41) is 2.94. The lowest BCUT2D eigenvalue weighted by Crippen LogP contribution is -2.26. The van der Waals surface area contributed by atoms with Crippen molar-refractivity contribution in [2.75, 3.05) is 13.2 Å². The van der Waals surface area contributed by atoms with Gasteiger partial charge < -0.3 is 14.6 Å². The molecular formula is C17H28N2O3. The van der Waals surface area contributed by atoms with Crippen molar-refractivity contribution in [2.45, 2.75) is 54.5 Å². The van der Waals surface area contributed by atoms with Gasteiger partial charge in [-0.3, -0.25) is 4.79 Å². The van der Waals surface area contributed by atoms with Crippen LogP contribution in [0.1, 0.15) is 66.2 Å². The van der Waals surface area contributed by atoms with Crippen LogP contribution in [0.4, 0.5) is 0 Å². The summed E-state index contributed by atoms with van der Waals surface area (Å²) in [7, 11) is 0. The van der Waals surface area contributed by atoms with Gasteiger partial charge in [-0.15, -0.1) is 0 Å². The van der Waals surface area contributed by atoms with Crippen LogP contribution in [-0.4, -0.2) is 29.6 Å². The molecule has 1 aromatic rings. The first kappa shape index (κ1) is 18.3. The summed E-state index contributed by atoms with van der Waals surface area (Å²) in [6.07, 6.45) is 0.934. The summed E-state index contributed by atoms with van der Waals surface area (Å²) in [6, 6.07) is 0. The highest BCUT2D eigenvalue weighted by Crippen LogP contribution is 2.23. The van der Waals surface area contributed by atoms with E-state index < -0.39 is 0 Å². The molecular weight excluding hydrogens is 280 g/mol. The quantitative estimate of drug-likeness (QED) is 0.787. The molecule has 0 aliphatic carbocycles. The number of rotatable bonds is 7. The molecule has 0 aliphatic heterocycles. The van der Waals surface area contributed by atoms with E-state index in [0.717, 1.165) is 12.1 Å². The van der Waals surface area contributed by atoms with E-state index in [1.807, 2.05) is 25.3 Å². The monoisotopic (exact) mass is 308 g/mol. The molecule has 0 atom stereocenters.